The minimum atomic E-state index is -0.864. The van der Waals surface area contributed by atoms with Gasteiger partial charge in [0, 0.05) is 11.6 Å². The first-order chi connectivity index (χ1) is 8.37. The lowest BCUT2D eigenvalue weighted by Crippen LogP contribution is -2.38. The highest BCUT2D eigenvalue weighted by Gasteiger charge is 2.50. The molecule has 100 valence electrons. The monoisotopic (exact) mass is 255 g/mol. The summed E-state index contributed by atoms with van der Waals surface area (Å²) in [6.07, 6.45) is -0.791. The van der Waals surface area contributed by atoms with Crippen LogP contribution in [0.15, 0.2) is 17.1 Å². The van der Waals surface area contributed by atoms with Crippen molar-refractivity contribution in [2.45, 2.75) is 32.3 Å². The van der Waals surface area contributed by atoms with Crippen LogP contribution in [0.1, 0.15) is 20.1 Å². The van der Waals surface area contributed by atoms with Crippen molar-refractivity contribution in [3.63, 3.8) is 0 Å². The Bertz CT molecular complexity index is 499. The Hall–Kier alpha value is -1.44. The molecule has 0 aliphatic carbocycles. The Balaban J connectivity index is 2.42. The third-order valence-electron chi connectivity index (χ3n) is 3.34. The average molecular weight is 255 g/mol. The molecule has 1 saturated heterocycles. The van der Waals surface area contributed by atoms with E-state index in [1.54, 1.807) is 13.8 Å². The van der Waals surface area contributed by atoms with Crippen LogP contribution in [0.4, 0.5) is 5.82 Å². The summed E-state index contributed by atoms with van der Waals surface area (Å²) < 4.78 is 6.80. The summed E-state index contributed by atoms with van der Waals surface area (Å²) in [6.45, 7) is 3.22. The number of hydrogen-bond donors (Lipinski definition) is 3. The molecular formula is C11H17N3O4. The van der Waals surface area contributed by atoms with Gasteiger partial charge in [0.25, 0.3) is 0 Å². The van der Waals surface area contributed by atoms with Crippen molar-refractivity contribution in [2.75, 3.05) is 12.3 Å². The molecule has 1 aliphatic rings. The van der Waals surface area contributed by atoms with E-state index in [0.717, 1.165) is 0 Å². The SMILES string of the molecule is CC1(C)[C@H](O)[C@@H](CO)O[C@H]1n1ccc(N)nc1=O. The third kappa shape index (κ3) is 1.90. The second-order valence-corrected chi connectivity index (χ2v) is 5.02. The van der Waals surface area contributed by atoms with Crippen LogP contribution in [0.5, 0.6) is 0 Å². The van der Waals surface area contributed by atoms with Crippen molar-refractivity contribution < 1.29 is 14.9 Å². The van der Waals surface area contributed by atoms with E-state index in [1.165, 1.54) is 16.8 Å². The molecule has 1 aliphatic heterocycles. The van der Waals surface area contributed by atoms with E-state index in [0.29, 0.717) is 0 Å². The van der Waals surface area contributed by atoms with Gasteiger partial charge in [0.2, 0.25) is 0 Å². The van der Waals surface area contributed by atoms with Crippen molar-refractivity contribution in [1.29, 1.82) is 0 Å². The fraction of sp³-hybridized carbons (Fsp3) is 0.636. The maximum Gasteiger partial charge on any atom is 0.351 e. The number of aliphatic hydroxyl groups is 2. The van der Waals surface area contributed by atoms with Gasteiger partial charge >= 0.3 is 5.69 Å². The van der Waals surface area contributed by atoms with Gasteiger partial charge in [-0.1, -0.05) is 13.8 Å². The molecule has 18 heavy (non-hydrogen) atoms. The van der Waals surface area contributed by atoms with Gasteiger partial charge in [0.05, 0.1) is 12.7 Å². The van der Waals surface area contributed by atoms with Gasteiger partial charge in [-0.2, -0.15) is 4.98 Å². The fourth-order valence-corrected chi connectivity index (χ4v) is 2.21. The largest absolute Gasteiger partial charge is 0.394 e. The first-order valence-corrected chi connectivity index (χ1v) is 5.67. The molecule has 0 saturated carbocycles. The van der Waals surface area contributed by atoms with Crippen LogP contribution in [0.2, 0.25) is 0 Å². The van der Waals surface area contributed by atoms with E-state index >= 15 is 0 Å². The molecule has 0 radical (unpaired) electrons. The minimum absolute atomic E-state index is 0.131. The lowest BCUT2D eigenvalue weighted by molar-refractivity contribution is -0.0529. The van der Waals surface area contributed by atoms with E-state index < -0.39 is 29.5 Å². The summed E-state index contributed by atoms with van der Waals surface area (Å²) >= 11 is 0. The Morgan fingerprint density at radius 2 is 2.28 bits per heavy atom. The number of hydrogen-bond acceptors (Lipinski definition) is 6. The molecule has 0 bridgehead atoms. The molecule has 7 nitrogen and oxygen atoms in total. The van der Waals surface area contributed by atoms with Crippen LogP contribution in [0, 0.1) is 5.41 Å². The molecule has 1 aromatic rings. The van der Waals surface area contributed by atoms with Crippen LogP contribution in [0.25, 0.3) is 0 Å². The van der Waals surface area contributed by atoms with Gasteiger partial charge in [-0.05, 0) is 6.07 Å². The van der Waals surface area contributed by atoms with Crippen LogP contribution in [0.3, 0.4) is 0 Å². The van der Waals surface area contributed by atoms with Crippen LogP contribution < -0.4 is 11.4 Å². The lowest BCUT2D eigenvalue weighted by Gasteiger charge is -2.28. The molecule has 3 atom stereocenters. The summed E-state index contributed by atoms with van der Waals surface area (Å²) in [6, 6.07) is 1.49. The van der Waals surface area contributed by atoms with Gasteiger partial charge in [0.15, 0.2) is 0 Å². The van der Waals surface area contributed by atoms with Crippen LogP contribution >= 0.6 is 0 Å². The molecule has 0 amide bonds. The van der Waals surface area contributed by atoms with Crippen molar-refractivity contribution in [3.05, 3.63) is 22.7 Å². The quantitative estimate of drug-likeness (QED) is 0.631. The normalized spacial score (nSPS) is 30.6. The highest BCUT2D eigenvalue weighted by molar-refractivity contribution is 5.23. The van der Waals surface area contributed by atoms with Crippen LogP contribution in [-0.2, 0) is 4.74 Å². The zero-order valence-electron chi connectivity index (χ0n) is 10.3. The van der Waals surface area contributed by atoms with Crippen LogP contribution in [-0.4, -0.2) is 38.6 Å². The van der Waals surface area contributed by atoms with Crippen molar-refractivity contribution in [1.82, 2.24) is 9.55 Å². The highest BCUT2D eigenvalue weighted by atomic mass is 16.5. The number of nitrogen functional groups attached to an aromatic ring is 1. The number of ether oxygens (including phenoxy) is 1. The second kappa shape index (κ2) is 4.34. The van der Waals surface area contributed by atoms with Crippen molar-refractivity contribution in [2.24, 2.45) is 5.41 Å². The number of rotatable bonds is 2. The van der Waals surface area contributed by atoms with Gasteiger partial charge in [-0.15, -0.1) is 0 Å². The van der Waals surface area contributed by atoms with Gasteiger partial charge in [-0.25, -0.2) is 4.79 Å². The third-order valence-corrected chi connectivity index (χ3v) is 3.34. The molecule has 2 rings (SSSR count). The predicted molar refractivity (Wildman–Crippen MR) is 63.7 cm³/mol. The standard InChI is InChI=1S/C11H17N3O4/c1-11(2)8(16)6(5-15)18-9(11)14-4-3-7(12)13-10(14)17/h3-4,6,8-9,15-16H,5H2,1-2H3,(H2,12,13,17)/t6-,8-,9-/m1/s1. The van der Waals surface area contributed by atoms with Crippen molar-refractivity contribution in [3.8, 4) is 0 Å². The van der Waals surface area contributed by atoms with Gasteiger partial charge in [-0.3, -0.25) is 4.57 Å². The Morgan fingerprint density at radius 3 is 2.78 bits per heavy atom. The van der Waals surface area contributed by atoms with E-state index in [4.69, 9.17) is 15.6 Å². The van der Waals surface area contributed by atoms with E-state index in [-0.39, 0.29) is 12.4 Å². The van der Waals surface area contributed by atoms with Crippen molar-refractivity contribution >= 4 is 5.82 Å². The first kappa shape index (κ1) is 13.0. The van der Waals surface area contributed by atoms with Gasteiger partial charge in [0.1, 0.15) is 18.1 Å². The van der Waals surface area contributed by atoms with E-state index in [9.17, 15) is 9.90 Å². The molecule has 1 aromatic heterocycles. The first-order valence-electron chi connectivity index (χ1n) is 5.67. The summed E-state index contributed by atoms with van der Waals surface area (Å²) in [4.78, 5) is 15.4. The number of aliphatic hydroxyl groups excluding tert-OH is 2. The van der Waals surface area contributed by atoms with E-state index in [2.05, 4.69) is 4.98 Å². The molecule has 0 unspecified atom stereocenters. The zero-order valence-corrected chi connectivity index (χ0v) is 10.3. The maximum atomic E-state index is 11.8. The summed E-state index contributed by atoms with van der Waals surface area (Å²) in [5.74, 6) is 0.131. The average Bonchev–Trinajstić information content (AvgIpc) is 2.52. The molecule has 1 fully saturated rings. The zero-order chi connectivity index (χ0) is 13.5. The van der Waals surface area contributed by atoms with E-state index in [1.807, 2.05) is 0 Å². The minimum Gasteiger partial charge on any atom is -0.394 e. The Labute approximate surface area is 104 Å². The summed E-state index contributed by atoms with van der Waals surface area (Å²) in [5, 5.41) is 19.2. The summed E-state index contributed by atoms with van der Waals surface area (Å²) in [5.41, 5.74) is 4.16. The Morgan fingerprint density at radius 1 is 1.61 bits per heavy atom. The Kier molecular flexibility index (Phi) is 3.14. The lowest BCUT2D eigenvalue weighted by atomic mass is 9.84. The molecule has 4 N–H and O–H groups in total. The molecule has 2 heterocycles. The van der Waals surface area contributed by atoms with Gasteiger partial charge < -0.3 is 20.7 Å². The fourth-order valence-electron chi connectivity index (χ4n) is 2.21. The number of nitrogens with zero attached hydrogens (tertiary/aromatic N) is 2. The second-order valence-electron chi connectivity index (χ2n) is 5.02. The topological polar surface area (TPSA) is 111 Å². The molecular weight excluding hydrogens is 238 g/mol. The predicted octanol–water partition coefficient (Wildman–Crippen LogP) is -0.898. The molecule has 0 aromatic carbocycles. The molecule has 0 spiro atoms. The number of anilines is 1. The summed E-state index contributed by atoms with van der Waals surface area (Å²) in [7, 11) is 0. The maximum absolute atomic E-state index is 11.8. The smallest absolute Gasteiger partial charge is 0.351 e. The highest BCUT2D eigenvalue weighted by Crippen LogP contribution is 2.44. The number of nitrogens with two attached hydrogens (primary N) is 1. The molecule has 7 heteroatoms. The number of aromatic nitrogens is 2.